The van der Waals surface area contributed by atoms with Crippen LogP contribution in [0, 0.1) is 5.92 Å². The number of thiazole rings is 1. The van der Waals surface area contributed by atoms with Crippen LogP contribution in [0.5, 0.6) is 0 Å². The molecule has 2 rings (SSSR count). The van der Waals surface area contributed by atoms with Crippen molar-refractivity contribution in [3.05, 3.63) is 17.2 Å². The summed E-state index contributed by atoms with van der Waals surface area (Å²) in [7, 11) is -3.75. The molecule has 3 N–H and O–H groups in total. The van der Waals surface area contributed by atoms with E-state index >= 15 is 0 Å². The lowest BCUT2D eigenvalue weighted by Crippen LogP contribution is -2.28. The third kappa shape index (κ3) is 5.04. The van der Waals surface area contributed by atoms with E-state index in [-0.39, 0.29) is 28.5 Å². The molecule has 0 radical (unpaired) electrons. The number of nitrogens with one attached hydrogen (secondary N) is 2. The van der Waals surface area contributed by atoms with Gasteiger partial charge in [0.25, 0.3) is 0 Å². The lowest BCUT2D eigenvalue weighted by Gasteiger charge is -2.12. The van der Waals surface area contributed by atoms with E-state index in [0.29, 0.717) is 23.6 Å². The average molecular weight is 406 g/mol. The zero-order valence-electron chi connectivity index (χ0n) is 14.5. The van der Waals surface area contributed by atoms with E-state index in [2.05, 4.69) is 15.0 Å². The van der Waals surface area contributed by atoms with Crippen LogP contribution in [-0.4, -0.2) is 37.7 Å². The number of hydrogen-bond acceptors (Lipinski definition) is 6. The van der Waals surface area contributed by atoms with Gasteiger partial charge >= 0.3 is 0 Å². The van der Waals surface area contributed by atoms with Crippen molar-refractivity contribution in [2.75, 3.05) is 18.5 Å². The molecular formula is C16H24ClN3O3S2. The Morgan fingerprint density at radius 2 is 2.08 bits per heavy atom. The van der Waals surface area contributed by atoms with E-state index in [1.165, 1.54) is 11.3 Å². The third-order valence-corrected chi connectivity index (χ3v) is 6.86. The highest BCUT2D eigenvalue weighted by molar-refractivity contribution is 7.89. The quantitative estimate of drug-likeness (QED) is 0.594. The predicted octanol–water partition coefficient (Wildman–Crippen LogP) is 3.46. The lowest BCUT2D eigenvalue weighted by molar-refractivity contribution is 0.282. The topological polar surface area (TPSA) is 91.3 Å². The van der Waals surface area contributed by atoms with Crippen LogP contribution in [0.15, 0.2) is 17.0 Å². The molecule has 6 nitrogen and oxygen atoms in total. The molecule has 0 aliphatic rings. The van der Waals surface area contributed by atoms with E-state index in [1.54, 1.807) is 12.1 Å². The van der Waals surface area contributed by atoms with Crippen LogP contribution in [0.25, 0.3) is 10.2 Å². The van der Waals surface area contributed by atoms with Gasteiger partial charge in [-0.15, -0.1) is 0 Å². The Bertz CT molecular complexity index is 823. The average Bonchev–Trinajstić information content (AvgIpc) is 2.94. The molecule has 0 saturated carbocycles. The molecule has 140 valence electrons. The first-order valence-corrected chi connectivity index (χ1v) is 10.9. The molecule has 0 aliphatic heterocycles. The van der Waals surface area contributed by atoms with Gasteiger partial charge in [-0.3, -0.25) is 0 Å². The summed E-state index contributed by atoms with van der Waals surface area (Å²) < 4.78 is 28.8. The zero-order chi connectivity index (χ0) is 18.6. The summed E-state index contributed by atoms with van der Waals surface area (Å²) in [6.07, 6.45) is 1.46. The summed E-state index contributed by atoms with van der Waals surface area (Å²) in [6, 6.07) is 3.38. The van der Waals surface area contributed by atoms with Gasteiger partial charge in [-0.25, -0.2) is 18.1 Å². The number of anilines is 1. The summed E-state index contributed by atoms with van der Waals surface area (Å²) in [4.78, 5) is 4.45. The van der Waals surface area contributed by atoms with Gasteiger partial charge in [-0.05, 0) is 31.4 Å². The second kappa shape index (κ2) is 8.64. The Morgan fingerprint density at radius 3 is 2.72 bits per heavy atom. The van der Waals surface area contributed by atoms with Crippen LogP contribution in [0.1, 0.15) is 33.6 Å². The van der Waals surface area contributed by atoms with Crippen molar-refractivity contribution in [3.63, 3.8) is 0 Å². The van der Waals surface area contributed by atoms with Crippen LogP contribution < -0.4 is 10.0 Å². The molecule has 0 bridgehead atoms. The van der Waals surface area contributed by atoms with Gasteiger partial charge in [0, 0.05) is 19.2 Å². The first-order chi connectivity index (χ1) is 11.8. The second-order valence-corrected chi connectivity index (χ2v) is 9.31. The van der Waals surface area contributed by atoms with Crippen molar-refractivity contribution in [2.45, 2.75) is 44.6 Å². The first kappa shape index (κ1) is 20.4. The highest BCUT2D eigenvalue weighted by atomic mass is 35.5. The number of sulfonamides is 1. The molecular weight excluding hydrogens is 382 g/mol. The monoisotopic (exact) mass is 405 g/mol. The zero-order valence-corrected chi connectivity index (χ0v) is 16.9. The standard InChI is InChI=1S/C16H24ClN3O3S2/c1-4-10(2)9-18-25(22,23)15-12(17)5-6-13-14(15)20-16(24-13)19-11(3)7-8-21/h5-6,10-11,18,21H,4,7-9H2,1-3H3,(H,19,20)/t10-,11+/m0/s1. The van der Waals surface area contributed by atoms with E-state index in [4.69, 9.17) is 16.7 Å². The normalized spacial score (nSPS) is 14.6. The lowest BCUT2D eigenvalue weighted by atomic mass is 10.1. The smallest absolute Gasteiger partial charge is 0.244 e. The number of benzene rings is 1. The molecule has 25 heavy (non-hydrogen) atoms. The minimum absolute atomic E-state index is 0.0223. The van der Waals surface area contributed by atoms with Crippen molar-refractivity contribution in [3.8, 4) is 0 Å². The van der Waals surface area contributed by atoms with Gasteiger partial charge in [-0.2, -0.15) is 0 Å². The van der Waals surface area contributed by atoms with E-state index in [1.807, 2.05) is 20.8 Å². The van der Waals surface area contributed by atoms with E-state index in [9.17, 15) is 8.42 Å². The van der Waals surface area contributed by atoms with Crippen molar-refractivity contribution >= 4 is 48.3 Å². The van der Waals surface area contributed by atoms with Crippen LogP contribution in [0.3, 0.4) is 0 Å². The molecule has 0 aliphatic carbocycles. The van der Waals surface area contributed by atoms with Crippen molar-refractivity contribution < 1.29 is 13.5 Å². The summed E-state index contributed by atoms with van der Waals surface area (Å²) >= 11 is 7.56. The number of rotatable bonds is 9. The van der Waals surface area contributed by atoms with E-state index < -0.39 is 10.0 Å². The second-order valence-electron chi connectivity index (χ2n) is 6.17. The molecule has 2 atom stereocenters. The molecule has 0 spiro atoms. The summed E-state index contributed by atoms with van der Waals surface area (Å²) in [5.74, 6) is 0.236. The SMILES string of the molecule is CC[C@H](C)CNS(=O)(=O)c1c(Cl)ccc2sc(N[C@H](C)CCO)nc12. The Kier molecular flexibility index (Phi) is 7.04. The maximum atomic E-state index is 12.7. The fourth-order valence-electron chi connectivity index (χ4n) is 2.21. The number of aliphatic hydroxyl groups is 1. The number of hydrogen-bond donors (Lipinski definition) is 3. The molecule has 2 aromatic rings. The number of nitrogens with zero attached hydrogens (tertiary/aromatic N) is 1. The number of aliphatic hydroxyl groups excluding tert-OH is 1. The van der Waals surface area contributed by atoms with Gasteiger partial charge in [0.1, 0.15) is 10.4 Å². The molecule has 0 unspecified atom stereocenters. The van der Waals surface area contributed by atoms with Crippen molar-refractivity contribution in [1.29, 1.82) is 0 Å². The molecule has 0 fully saturated rings. The summed E-state index contributed by atoms with van der Waals surface area (Å²) in [5, 5.41) is 12.9. The fourth-order valence-corrected chi connectivity index (χ4v) is 5.10. The highest BCUT2D eigenvalue weighted by Gasteiger charge is 2.24. The highest BCUT2D eigenvalue weighted by Crippen LogP contribution is 2.35. The number of halogens is 1. The maximum Gasteiger partial charge on any atom is 0.244 e. The molecule has 0 amide bonds. The molecule has 1 heterocycles. The van der Waals surface area contributed by atoms with Crippen LogP contribution in [-0.2, 0) is 10.0 Å². The Morgan fingerprint density at radius 1 is 1.36 bits per heavy atom. The Balaban J connectivity index is 2.38. The summed E-state index contributed by atoms with van der Waals surface area (Å²) in [6.45, 7) is 6.36. The van der Waals surface area contributed by atoms with Gasteiger partial charge in [0.2, 0.25) is 10.0 Å². The van der Waals surface area contributed by atoms with Crippen LogP contribution in [0.2, 0.25) is 5.02 Å². The van der Waals surface area contributed by atoms with Gasteiger partial charge in [0.15, 0.2) is 5.13 Å². The molecule has 1 aromatic heterocycles. The van der Waals surface area contributed by atoms with Gasteiger partial charge in [0.05, 0.1) is 9.72 Å². The Hall–Kier alpha value is -0.930. The van der Waals surface area contributed by atoms with Gasteiger partial charge in [-0.1, -0.05) is 43.2 Å². The molecule has 0 saturated heterocycles. The third-order valence-electron chi connectivity index (χ3n) is 3.99. The van der Waals surface area contributed by atoms with E-state index in [0.717, 1.165) is 11.1 Å². The fraction of sp³-hybridized carbons (Fsp3) is 0.562. The van der Waals surface area contributed by atoms with Crippen molar-refractivity contribution in [2.24, 2.45) is 5.92 Å². The number of aromatic nitrogens is 1. The van der Waals surface area contributed by atoms with Crippen LogP contribution in [0.4, 0.5) is 5.13 Å². The predicted molar refractivity (Wildman–Crippen MR) is 104 cm³/mol. The number of fused-ring (bicyclic) bond motifs is 1. The van der Waals surface area contributed by atoms with Crippen molar-refractivity contribution in [1.82, 2.24) is 9.71 Å². The largest absolute Gasteiger partial charge is 0.396 e. The Labute approximate surface area is 157 Å². The first-order valence-electron chi connectivity index (χ1n) is 8.24. The molecule has 9 heteroatoms. The summed E-state index contributed by atoms with van der Waals surface area (Å²) in [5.41, 5.74) is 0.368. The minimum atomic E-state index is -3.75. The minimum Gasteiger partial charge on any atom is -0.396 e. The van der Waals surface area contributed by atoms with Crippen LogP contribution >= 0.6 is 22.9 Å². The maximum absolute atomic E-state index is 12.7. The van der Waals surface area contributed by atoms with Gasteiger partial charge < -0.3 is 10.4 Å². The molecule has 1 aromatic carbocycles.